The van der Waals surface area contributed by atoms with Crippen LogP contribution in [0.4, 0.5) is 0 Å². The van der Waals surface area contributed by atoms with Crippen molar-refractivity contribution >= 4 is 20.5 Å². The maximum Gasteiger partial charge on any atom is 0.394 e. The highest BCUT2D eigenvalue weighted by molar-refractivity contribution is 7.85. The van der Waals surface area contributed by atoms with Crippen LogP contribution in [0.1, 0.15) is 13.8 Å². The first kappa shape index (κ1) is 21.7. The largest absolute Gasteiger partial charge is 0.394 e. The van der Waals surface area contributed by atoms with Gasteiger partial charge >= 0.3 is 10.4 Å². The van der Waals surface area contributed by atoms with Crippen molar-refractivity contribution in [1.29, 1.82) is 0 Å². The molecule has 10 heteroatoms. The van der Waals surface area contributed by atoms with E-state index in [0.29, 0.717) is 0 Å². The number of ether oxygens (including phenoxy) is 1. The van der Waals surface area contributed by atoms with E-state index in [1.54, 1.807) is 0 Å². The lowest BCUT2D eigenvalue weighted by Gasteiger charge is -1.86. The summed E-state index contributed by atoms with van der Waals surface area (Å²) in [7, 11) is -8.46. The van der Waals surface area contributed by atoms with E-state index in [4.69, 9.17) is 26.8 Å². The highest BCUT2D eigenvalue weighted by Crippen LogP contribution is 1.78. The molecule has 0 bridgehead atoms. The molecule has 0 saturated heterocycles. The van der Waals surface area contributed by atoms with Crippen LogP contribution in [0.3, 0.4) is 0 Å². The molecule has 0 fully saturated rings. The Morgan fingerprint density at radius 2 is 1.35 bits per heavy atom. The van der Waals surface area contributed by atoms with Crippen LogP contribution >= 0.6 is 0 Å². The van der Waals surface area contributed by atoms with E-state index in [1.807, 2.05) is 13.8 Å². The third kappa shape index (κ3) is 93.7. The zero-order valence-electron chi connectivity index (χ0n) is 9.61. The van der Waals surface area contributed by atoms with E-state index in [9.17, 15) is 8.42 Å². The molecule has 0 radical (unpaired) electrons. The summed E-state index contributed by atoms with van der Waals surface area (Å²) in [6.07, 6.45) is 1.12. The van der Waals surface area contributed by atoms with Gasteiger partial charge in [-0.15, -0.1) is 6.58 Å². The van der Waals surface area contributed by atoms with E-state index in [-0.39, 0.29) is 5.75 Å². The fourth-order valence-corrected chi connectivity index (χ4v) is 0.651. The van der Waals surface area contributed by atoms with Gasteiger partial charge in [-0.2, -0.15) is 16.8 Å². The zero-order chi connectivity index (χ0) is 14.5. The Balaban J connectivity index is -0.000000177. The third-order valence-corrected chi connectivity index (χ3v) is 1.39. The van der Waals surface area contributed by atoms with Crippen LogP contribution in [0.2, 0.25) is 0 Å². The average molecular weight is 294 g/mol. The first-order valence-electron chi connectivity index (χ1n) is 4.31. The molecule has 3 N–H and O–H groups in total. The SMILES string of the molecule is C=CCS(=O)(=O)O.CCOCC.O=S(=O)(O)O. The molecule has 0 heterocycles. The number of hydrogen-bond donors (Lipinski definition) is 3. The van der Waals surface area contributed by atoms with E-state index in [2.05, 4.69) is 6.58 Å². The molecule has 0 unspecified atom stereocenters. The van der Waals surface area contributed by atoms with Crippen molar-refractivity contribution in [2.24, 2.45) is 0 Å². The van der Waals surface area contributed by atoms with Crippen LogP contribution in [0.25, 0.3) is 0 Å². The molecular formula is C7H18O8S2. The van der Waals surface area contributed by atoms with Gasteiger partial charge in [-0.25, -0.2) is 0 Å². The molecule has 0 aromatic heterocycles. The normalized spacial score (nSPS) is 10.4. The molecule has 17 heavy (non-hydrogen) atoms. The molecule has 0 saturated carbocycles. The van der Waals surface area contributed by atoms with Gasteiger partial charge in [0, 0.05) is 13.2 Å². The predicted octanol–water partition coefficient (Wildman–Crippen LogP) is 0.450. The molecule has 0 aliphatic heterocycles. The van der Waals surface area contributed by atoms with Crippen molar-refractivity contribution < 1.29 is 35.2 Å². The molecule has 0 aromatic rings. The molecule has 0 amide bonds. The highest BCUT2D eigenvalue weighted by atomic mass is 32.3. The Morgan fingerprint density at radius 1 is 1.06 bits per heavy atom. The number of rotatable bonds is 4. The summed E-state index contributed by atoms with van der Waals surface area (Å²) in [5, 5.41) is 0. The molecule has 0 aliphatic carbocycles. The maximum absolute atomic E-state index is 9.72. The molecule has 0 aromatic carbocycles. The summed E-state index contributed by atoms with van der Waals surface area (Å²) in [5.41, 5.74) is 0. The van der Waals surface area contributed by atoms with Crippen LogP contribution in [0, 0.1) is 0 Å². The second-order valence-corrected chi connectivity index (χ2v) is 4.66. The van der Waals surface area contributed by atoms with Gasteiger partial charge in [0.15, 0.2) is 0 Å². The molecule has 0 atom stereocenters. The fourth-order valence-electron chi connectivity index (χ4n) is 0.353. The first-order valence-corrected chi connectivity index (χ1v) is 7.32. The molecule has 8 nitrogen and oxygen atoms in total. The Kier molecular flexibility index (Phi) is 15.3. The second kappa shape index (κ2) is 12.0. The van der Waals surface area contributed by atoms with Gasteiger partial charge < -0.3 is 4.74 Å². The lowest BCUT2D eigenvalue weighted by molar-refractivity contribution is 0.162. The van der Waals surface area contributed by atoms with Crippen LogP contribution < -0.4 is 0 Å². The minimum absolute atomic E-state index is 0.368. The smallest absolute Gasteiger partial charge is 0.382 e. The fraction of sp³-hybridized carbons (Fsp3) is 0.714. The first-order chi connectivity index (χ1) is 7.47. The minimum atomic E-state index is -4.67. The van der Waals surface area contributed by atoms with Crippen LogP contribution in [0.5, 0.6) is 0 Å². The third-order valence-electron chi connectivity index (χ3n) is 0.737. The van der Waals surface area contributed by atoms with Crippen molar-refractivity contribution in [3.63, 3.8) is 0 Å². The zero-order valence-corrected chi connectivity index (χ0v) is 11.2. The van der Waals surface area contributed by atoms with Crippen molar-refractivity contribution in [2.75, 3.05) is 19.0 Å². The molecule has 106 valence electrons. The Hall–Kier alpha value is -0.520. The summed E-state index contributed by atoms with van der Waals surface area (Å²) in [4.78, 5) is 0. The van der Waals surface area contributed by atoms with E-state index >= 15 is 0 Å². The van der Waals surface area contributed by atoms with Crippen LogP contribution in [-0.4, -0.2) is 49.5 Å². The van der Waals surface area contributed by atoms with Gasteiger partial charge in [-0.3, -0.25) is 13.7 Å². The summed E-state index contributed by atoms with van der Waals surface area (Å²) in [6, 6.07) is 0. The van der Waals surface area contributed by atoms with Crippen LogP contribution in [0.15, 0.2) is 12.7 Å². The standard InChI is InChI=1S/C4H10O.C3H6O3S.H2O4S/c1-3-5-4-2;1-2-3-7(4,5)6;1-5(2,3)4/h3-4H2,1-2H3;2H,1,3H2,(H,4,5,6);(H2,1,2,3,4). The predicted molar refractivity (Wildman–Crippen MR) is 63.0 cm³/mol. The van der Waals surface area contributed by atoms with Crippen molar-refractivity contribution in [3.05, 3.63) is 12.7 Å². The van der Waals surface area contributed by atoms with E-state index in [0.717, 1.165) is 19.3 Å². The maximum atomic E-state index is 9.72. The summed E-state index contributed by atoms with van der Waals surface area (Å²) in [5.74, 6) is -0.368. The van der Waals surface area contributed by atoms with Crippen molar-refractivity contribution in [2.45, 2.75) is 13.8 Å². The van der Waals surface area contributed by atoms with Gasteiger partial charge in [-0.05, 0) is 13.8 Å². The molecule has 0 rings (SSSR count). The van der Waals surface area contributed by atoms with Crippen LogP contribution in [-0.2, 0) is 25.3 Å². The lowest BCUT2D eigenvalue weighted by atomic mass is 10.8. The van der Waals surface area contributed by atoms with Gasteiger partial charge in [0.25, 0.3) is 10.1 Å². The molecular weight excluding hydrogens is 276 g/mol. The monoisotopic (exact) mass is 294 g/mol. The average Bonchev–Trinajstić information content (AvgIpc) is 2.00. The van der Waals surface area contributed by atoms with E-state index < -0.39 is 20.5 Å². The van der Waals surface area contributed by atoms with Gasteiger partial charge in [-0.1, -0.05) is 6.08 Å². The Labute approximate surface area is 102 Å². The molecule has 0 aliphatic rings. The Bertz CT molecular complexity index is 345. The quantitative estimate of drug-likeness (QED) is 0.501. The van der Waals surface area contributed by atoms with Crippen molar-refractivity contribution in [1.82, 2.24) is 0 Å². The lowest BCUT2D eigenvalue weighted by Crippen LogP contribution is -1.99. The number of hydrogen-bond acceptors (Lipinski definition) is 5. The summed E-state index contributed by atoms with van der Waals surface area (Å²) >= 11 is 0. The highest BCUT2D eigenvalue weighted by Gasteiger charge is 1.95. The summed E-state index contributed by atoms with van der Waals surface area (Å²) < 4.78 is 63.8. The van der Waals surface area contributed by atoms with E-state index in [1.165, 1.54) is 0 Å². The van der Waals surface area contributed by atoms with Crippen molar-refractivity contribution in [3.8, 4) is 0 Å². The molecule has 0 spiro atoms. The van der Waals surface area contributed by atoms with Gasteiger partial charge in [0.2, 0.25) is 0 Å². The topological polar surface area (TPSA) is 138 Å². The summed E-state index contributed by atoms with van der Waals surface area (Å²) in [6.45, 7) is 8.77. The van der Waals surface area contributed by atoms with Gasteiger partial charge in [0.05, 0.1) is 5.75 Å². The van der Waals surface area contributed by atoms with Gasteiger partial charge in [0.1, 0.15) is 0 Å². The second-order valence-electron chi connectivity index (χ2n) is 2.27. The Morgan fingerprint density at radius 3 is 1.35 bits per heavy atom. The minimum Gasteiger partial charge on any atom is -0.382 e.